The van der Waals surface area contributed by atoms with E-state index in [1.807, 2.05) is 30.4 Å². The molecule has 0 atom stereocenters. The molecule has 1 amide bonds. The summed E-state index contributed by atoms with van der Waals surface area (Å²) in [4.78, 5) is 25.2. The molecule has 0 aliphatic rings. The Morgan fingerprint density at radius 2 is 1.83 bits per heavy atom. The molecule has 1 N–H and O–H groups in total. The number of nitrogens with zero attached hydrogens (tertiary/aromatic N) is 4. The standard InChI is InChI=1S/C22H22FN5O2/c1-14(2)24-20(29)12-11-19-25-26-22-27(13-15-7-9-16(23)10-8-15)21(30)17-5-3-4-6-18(17)28(19)22/h3-10,14H,11-13H2,1-2H3,(H,24,29). The lowest BCUT2D eigenvalue weighted by Gasteiger charge is -2.12. The van der Waals surface area contributed by atoms with Gasteiger partial charge in [-0.2, -0.15) is 0 Å². The van der Waals surface area contributed by atoms with E-state index < -0.39 is 0 Å². The predicted octanol–water partition coefficient (Wildman–Crippen LogP) is 2.69. The minimum atomic E-state index is -0.334. The number of hydrogen-bond donors (Lipinski definition) is 1. The number of amides is 1. The Balaban J connectivity index is 1.81. The lowest BCUT2D eigenvalue weighted by atomic mass is 10.2. The molecule has 8 heteroatoms. The molecule has 4 rings (SSSR count). The van der Waals surface area contributed by atoms with Gasteiger partial charge in [0.05, 0.1) is 17.4 Å². The van der Waals surface area contributed by atoms with Crippen LogP contribution in [0.5, 0.6) is 0 Å². The lowest BCUT2D eigenvalue weighted by molar-refractivity contribution is -0.121. The molecule has 0 radical (unpaired) electrons. The summed E-state index contributed by atoms with van der Waals surface area (Å²) in [6, 6.07) is 13.3. The number of carbonyl (C=O) groups excluding carboxylic acids is 1. The number of aryl methyl sites for hydroxylation is 1. The third-order valence-corrected chi connectivity index (χ3v) is 4.85. The minimum absolute atomic E-state index is 0.0642. The van der Waals surface area contributed by atoms with Crippen LogP contribution in [0.4, 0.5) is 4.39 Å². The highest BCUT2D eigenvalue weighted by Crippen LogP contribution is 2.16. The Labute approximate surface area is 172 Å². The normalized spacial score (nSPS) is 11.5. The highest BCUT2D eigenvalue weighted by Gasteiger charge is 2.17. The van der Waals surface area contributed by atoms with E-state index in [1.54, 1.807) is 24.3 Å². The van der Waals surface area contributed by atoms with Crippen LogP contribution >= 0.6 is 0 Å². The maximum atomic E-state index is 13.3. The molecule has 0 unspecified atom stereocenters. The van der Waals surface area contributed by atoms with E-state index in [2.05, 4.69) is 15.5 Å². The summed E-state index contributed by atoms with van der Waals surface area (Å²) in [6.45, 7) is 4.05. The summed E-state index contributed by atoms with van der Waals surface area (Å²) in [5.74, 6) is 0.597. The fraction of sp³-hybridized carbons (Fsp3) is 0.273. The first-order chi connectivity index (χ1) is 14.4. The molecule has 0 saturated carbocycles. The van der Waals surface area contributed by atoms with Gasteiger partial charge in [-0.05, 0) is 43.7 Å². The van der Waals surface area contributed by atoms with Crippen LogP contribution < -0.4 is 10.9 Å². The first-order valence-corrected chi connectivity index (χ1v) is 9.83. The molecule has 2 heterocycles. The molecule has 2 aromatic heterocycles. The fourth-order valence-corrected chi connectivity index (χ4v) is 3.51. The third-order valence-electron chi connectivity index (χ3n) is 4.85. The molecular weight excluding hydrogens is 385 g/mol. The van der Waals surface area contributed by atoms with Gasteiger partial charge in [0, 0.05) is 18.9 Å². The van der Waals surface area contributed by atoms with Crippen molar-refractivity contribution in [3.63, 3.8) is 0 Å². The maximum Gasteiger partial charge on any atom is 0.263 e. The Bertz CT molecular complexity index is 1270. The van der Waals surface area contributed by atoms with Crippen LogP contribution in [0.1, 0.15) is 31.7 Å². The topological polar surface area (TPSA) is 81.3 Å². The minimum Gasteiger partial charge on any atom is -0.354 e. The van der Waals surface area contributed by atoms with Crippen molar-refractivity contribution in [2.24, 2.45) is 0 Å². The van der Waals surface area contributed by atoms with Gasteiger partial charge in [-0.3, -0.25) is 18.6 Å². The molecule has 0 spiro atoms. The summed E-state index contributed by atoms with van der Waals surface area (Å²) < 4.78 is 16.6. The molecule has 0 aliphatic carbocycles. The largest absolute Gasteiger partial charge is 0.354 e. The van der Waals surface area contributed by atoms with Gasteiger partial charge in [-0.25, -0.2) is 4.39 Å². The number of fused-ring (bicyclic) bond motifs is 3. The number of hydrogen-bond acceptors (Lipinski definition) is 4. The van der Waals surface area contributed by atoms with Gasteiger partial charge >= 0.3 is 0 Å². The van der Waals surface area contributed by atoms with Crippen LogP contribution in [0.2, 0.25) is 0 Å². The highest BCUT2D eigenvalue weighted by atomic mass is 19.1. The molecule has 4 aromatic rings. The van der Waals surface area contributed by atoms with Crippen molar-refractivity contribution in [1.82, 2.24) is 24.5 Å². The summed E-state index contributed by atoms with van der Waals surface area (Å²) >= 11 is 0. The van der Waals surface area contributed by atoms with Crippen molar-refractivity contribution in [3.05, 3.63) is 76.1 Å². The van der Waals surface area contributed by atoms with Crippen LogP contribution in [-0.2, 0) is 17.8 Å². The number of benzene rings is 2. The first kappa shape index (κ1) is 19.8. The molecule has 30 heavy (non-hydrogen) atoms. The number of aromatic nitrogens is 4. The second-order valence-electron chi connectivity index (χ2n) is 7.51. The van der Waals surface area contributed by atoms with Gasteiger partial charge < -0.3 is 5.32 Å². The molecule has 2 aromatic carbocycles. The smallest absolute Gasteiger partial charge is 0.263 e. The van der Waals surface area contributed by atoms with E-state index >= 15 is 0 Å². The van der Waals surface area contributed by atoms with Crippen LogP contribution in [0.3, 0.4) is 0 Å². The van der Waals surface area contributed by atoms with E-state index in [0.29, 0.717) is 28.9 Å². The van der Waals surface area contributed by atoms with Gasteiger partial charge in [-0.15, -0.1) is 10.2 Å². The molecular formula is C22H22FN5O2. The number of carbonyl (C=O) groups is 1. The van der Waals surface area contributed by atoms with Crippen molar-refractivity contribution >= 4 is 22.6 Å². The van der Waals surface area contributed by atoms with Gasteiger partial charge in [0.25, 0.3) is 5.56 Å². The second-order valence-corrected chi connectivity index (χ2v) is 7.51. The van der Waals surface area contributed by atoms with Gasteiger partial charge in [0.1, 0.15) is 11.6 Å². The van der Waals surface area contributed by atoms with E-state index in [9.17, 15) is 14.0 Å². The summed E-state index contributed by atoms with van der Waals surface area (Å²) in [6.07, 6.45) is 0.656. The Kier molecular flexibility index (Phi) is 5.31. The molecule has 154 valence electrons. The van der Waals surface area contributed by atoms with Crippen LogP contribution in [0, 0.1) is 5.82 Å². The van der Waals surface area contributed by atoms with Crippen molar-refractivity contribution in [3.8, 4) is 0 Å². The zero-order valence-electron chi connectivity index (χ0n) is 16.8. The average molecular weight is 407 g/mol. The monoisotopic (exact) mass is 407 g/mol. The zero-order chi connectivity index (χ0) is 21.3. The molecule has 0 bridgehead atoms. The third kappa shape index (κ3) is 3.80. The zero-order valence-corrected chi connectivity index (χ0v) is 16.8. The number of rotatable bonds is 6. The van der Waals surface area contributed by atoms with E-state index in [1.165, 1.54) is 16.7 Å². The Hall–Kier alpha value is -3.55. The van der Waals surface area contributed by atoms with Gasteiger partial charge in [0.2, 0.25) is 11.7 Å². The van der Waals surface area contributed by atoms with E-state index in [-0.39, 0.29) is 36.3 Å². The van der Waals surface area contributed by atoms with E-state index in [4.69, 9.17) is 0 Å². The average Bonchev–Trinajstić information content (AvgIpc) is 3.14. The molecule has 7 nitrogen and oxygen atoms in total. The molecule has 0 aliphatic heterocycles. The highest BCUT2D eigenvalue weighted by molar-refractivity contribution is 5.80. The van der Waals surface area contributed by atoms with Gasteiger partial charge in [0.15, 0.2) is 0 Å². The van der Waals surface area contributed by atoms with Crippen LogP contribution in [0.15, 0.2) is 53.3 Å². The van der Waals surface area contributed by atoms with Gasteiger partial charge in [-0.1, -0.05) is 24.3 Å². The Morgan fingerprint density at radius 3 is 2.57 bits per heavy atom. The number of halogens is 1. The summed E-state index contributed by atoms with van der Waals surface area (Å²) in [5.41, 5.74) is 1.27. The number of nitrogens with one attached hydrogen (secondary N) is 1. The summed E-state index contributed by atoms with van der Waals surface area (Å²) in [7, 11) is 0. The predicted molar refractivity (Wildman–Crippen MR) is 112 cm³/mol. The molecule has 0 saturated heterocycles. The van der Waals surface area contributed by atoms with Crippen LogP contribution in [0.25, 0.3) is 16.7 Å². The van der Waals surface area contributed by atoms with Crippen LogP contribution in [-0.4, -0.2) is 31.1 Å². The fourth-order valence-electron chi connectivity index (χ4n) is 3.51. The van der Waals surface area contributed by atoms with E-state index in [0.717, 1.165) is 5.56 Å². The van der Waals surface area contributed by atoms with Crippen molar-refractivity contribution in [2.45, 2.75) is 39.3 Å². The van der Waals surface area contributed by atoms with Crippen molar-refractivity contribution in [1.29, 1.82) is 0 Å². The SMILES string of the molecule is CC(C)NC(=O)CCc1nnc2n(Cc3ccc(F)cc3)c(=O)c3ccccc3n12. The maximum absolute atomic E-state index is 13.3. The quantitative estimate of drug-likeness (QED) is 0.533. The van der Waals surface area contributed by atoms with Crippen molar-refractivity contribution in [2.75, 3.05) is 0 Å². The number of para-hydroxylation sites is 1. The van der Waals surface area contributed by atoms with Crippen molar-refractivity contribution < 1.29 is 9.18 Å². The second kappa shape index (κ2) is 8.06. The molecule has 0 fully saturated rings. The summed E-state index contributed by atoms with van der Waals surface area (Å²) in [5, 5.41) is 11.9. The lowest BCUT2D eigenvalue weighted by Crippen LogP contribution is -2.30. The Morgan fingerprint density at radius 1 is 1.10 bits per heavy atom. The first-order valence-electron chi connectivity index (χ1n) is 9.83.